The lowest BCUT2D eigenvalue weighted by atomic mass is 10.2. The normalized spacial score (nSPS) is 60.1. The van der Waals surface area contributed by atoms with Crippen LogP contribution in [0.2, 0.25) is 0 Å². The van der Waals surface area contributed by atoms with Crippen LogP contribution in [-0.2, 0) is 4.74 Å². The fraction of sp³-hybridized carbons (Fsp3) is 0.889. The summed E-state index contributed by atoms with van der Waals surface area (Å²) >= 11 is 0. The third kappa shape index (κ3) is 0.678. The third-order valence-corrected chi connectivity index (χ3v) is 3.70. The van der Waals surface area contributed by atoms with Crippen LogP contribution in [0.4, 0.5) is 0 Å². The van der Waals surface area contributed by atoms with Gasteiger partial charge < -0.3 is 10.5 Å². The molecule has 1 saturated heterocycles. The third-order valence-electron chi connectivity index (χ3n) is 3.70. The maximum atomic E-state index is 5.89. The molecule has 0 bridgehead atoms. The average Bonchev–Trinajstić information content (AvgIpc) is 2.86. The summed E-state index contributed by atoms with van der Waals surface area (Å²) in [5.74, 6) is 2.35. The quantitative estimate of drug-likeness (QED) is 0.476. The van der Waals surface area contributed by atoms with Gasteiger partial charge in [-0.1, -0.05) is 0 Å². The van der Waals surface area contributed by atoms with Crippen LogP contribution >= 0.6 is 0 Å². The first kappa shape index (κ1) is 6.89. The fourth-order valence-electron chi connectivity index (χ4n) is 2.84. The Morgan fingerprint density at radius 2 is 2.58 bits per heavy atom. The van der Waals surface area contributed by atoms with Crippen LogP contribution in [0.1, 0.15) is 13.3 Å². The lowest BCUT2D eigenvalue weighted by molar-refractivity contribution is 0.0389. The second-order valence-corrected chi connectivity index (χ2v) is 4.46. The molecule has 0 amide bonds. The van der Waals surface area contributed by atoms with Crippen LogP contribution in [0.25, 0.3) is 0 Å². The number of nitrogens with zero attached hydrogens (tertiary/aromatic N) is 1. The highest BCUT2D eigenvalue weighted by atomic mass is 16.5. The Kier molecular flexibility index (Phi) is 1.06. The van der Waals surface area contributed by atoms with Crippen molar-refractivity contribution in [3.8, 4) is 0 Å². The maximum absolute atomic E-state index is 5.89. The molecule has 66 valence electrons. The Balaban J connectivity index is 1.63. The number of rotatable bonds is 2. The van der Waals surface area contributed by atoms with Crippen LogP contribution in [0.15, 0.2) is 4.99 Å². The Hall–Kier alpha value is -0.570. The molecule has 0 spiro atoms. The zero-order chi connectivity index (χ0) is 8.34. The highest BCUT2D eigenvalue weighted by Crippen LogP contribution is 2.70. The predicted octanol–water partition coefficient (Wildman–Crippen LogP) is 0.397. The summed E-state index contributed by atoms with van der Waals surface area (Å²) in [5.41, 5.74) is 5.47. The summed E-state index contributed by atoms with van der Waals surface area (Å²) in [7, 11) is 0. The molecule has 0 aromatic heterocycles. The molecule has 3 fully saturated rings. The summed E-state index contributed by atoms with van der Waals surface area (Å²) < 4.78 is 5.89. The summed E-state index contributed by atoms with van der Waals surface area (Å²) in [4.78, 5) is 4.06. The van der Waals surface area contributed by atoms with Crippen molar-refractivity contribution < 1.29 is 4.74 Å². The van der Waals surface area contributed by atoms with Crippen LogP contribution in [0.5, 0.6) is 0 Å². The van der Waals surface area contributed by atoms with E-state index in [0.717, 1.165) is 18.4 Å². The molecule has 0 radical (unpaired) electrons. The molecule has 3 heteroatoms. The van der Waals surface area contributed by atoms with Gasteiger partial charge in [-0.3, -0.25) is 4.99 Å². The molecule has 0 aromatic rings. The monoisotopic (exact) mass is 166 g/mol. The molecule has 3 nitrogen and oxygen atoms in total. The van der Waals surface area contributed by atoms with Gasteiger partial charge in [0.15, 0.2) is 0 Å². The summed E-state index contributed by atoms with van der Waals surface area (Å²) in [6, 6.07) is 0. The standard InChI is InChI=1S/C9H14N2O/c1-9-2-6(9)7-5(3-11-4-10)8(7)12-9/h4-8H,2-3H2,1H3,(H2,10,11)/t5?,6?,7-,8?,9?/m0/s1. The van der Waals surface area contributed by atoms with Gasteiger partial charge in [0.05, 0.1) is 18.0 Å². The second kappa shape index (κ2) is 1.84. The van der Waals surface area contributed by atoms with Crippen LogP contribution < -0.4 is 5.73 Å². The molecule has 2 aliphatic carbocycles. The first-order valence-corrected chi connectivity index (χ1v) is 4.64. The molecule has 2 N–H and O–H groups in total. The first-order chi connectivity index (χ1) is 5.76. The minimum absolute atomic E-state index is 0.276. The van der Waals surface area contributed by atoms with Gasteiger partial charge in [0, 0.05) is 12.5 Å². The lowest BCUT2D eigenvalue weighted by Crippen LogP contribution is -2.12. The zero-order valence-corrected chi connectivity index (χ0v) is 7.23. The molecule has 12 heavy (non-hydrogen) atoms. The van der Waals surface area contributed by atoms with E-state index in [-0.39, 0.29) is 5.60 Å². The van der Waals surface area contributed by atoms with Crippen molar-refractivity contribution in [2.75, 3.05) is 6.54 Å². The van der Waals surface area contributed by atoms with Gasteiger partial charge in [0.25, 0.3) is 0 Å². The number of fused-ring (bicyclic) bond motifs is 3. The van der Waals surface area contributed by atoms with E-state index >= 15 is 0 Å². The van der Waals surface area contributed by atoms with Crippen molar-refractivity contribution in [1.29, 1.82) is 0 Å². The molecule has 3 rings (SSSR count). The van der Waals surface area contributed by atoms with Crippen molar-refractivity contribution in [3.05, 3.63) is 0 Å². The Bertz CT molecular complexity index is 253. The molecule has 1 aliphatic heterocycles. The van der Waals surface area contributed by atoms with Gasteiger partial charge >= 0.3 is 0 Å². The van der Waals surface area contributed by atoms with E-state index in [2.05, 4.69) is 11.9 Å². The highest BCUT2D eigenvalue weighted by Gasteiger charge is 2.75. The van der Waals surface area contributed by atoms with Gasteiger partial charge in [-0.25, -0.2) is 0 Å². The molecule has 3 aliphatic rings. The van der Waals surface area contributed by atoms with Gasteiger partial charge in [0.2, 0.25) is 0 Å². The van der Waals surface area contributed by atoms with Crippen molar-refractivity contribution >= 4 is 6.34 Å². The van der Waals surface area contributed by atoms with Crippen LogP contribution in [0.3, 0.4) is 0 Å². The van der Waals surface area contributed by atoms with Crippen LogP contribution in [-0.4, -0.2) is 24.6 Å². The van der Waals surface area contributed by atoms with E-state index in [1.165, 1.54) is 12.8 Å². The number of aliphatic imine (C=N–C) groups is 1. The molecular weight excluding hydrogens is 152 g/mol. The molecular formula is C9H14N2O. The van der Waals surface area contributed by atoms with Gasteiger partial charge in [-0.2, -0.15) is 0 Å². The number of ether oxygens (including phenoxy) is 1. The SMILES string of the molecule is CC12CC1[C@@H]1C(CN=CN)C1O2. The van der Waals surface area contributed by atoms with Crippen molar-refractivity contribution in [2.24, 2.45) is 28.5 Å². The zero-order valence-electron chi connectivity index (χ0n) is 7.23. The number of nitrogens with two attached hydrogens (primary N) is 1. The molecule has 1 heterocycles. The Morgan fingerprint density at radius 3 is 3.17 bits per heavy atom. The second-order valence-electron chi connectivity index (χ2n) is 4.46. The van der Waals surface area contributed by atoms with Crippen molar-refractivity contribution in [2.45, 2.75) is 25.0 Å². The highest BCUT2D eigenvalue weighted by molar-refractivity contribution is 5.51. The smallest absolute Gasteiger partial charge is 0.0797 e. The minimum atomic E-state index is 0.276. The molecule has 5 atom stereocenters. The fourth-order valence-corrected chi connectivity index (χ4v) is 2.84. The number of hydrogen-bond acceptors (Lipinski definition) is 2. The van der Waals surface area contributed by atoms with Crippen molar-refractivity contribution in [3.63, 3.8) is 0 Å². The van der Waals surface area contributed by atoms with E-state index in [1.54, 1.807) is 0 Å². The largest absolute Gasteiger partial charge is 0.390 e. The van der Waals surface area contributed by atoms with Crippen molar-refractivity contribution in [1.82, 2.24) is 0 Å². The molecule has 0 aromatic carbocycles. The average molecular weight is 166 g/mol. The first-order valence-electron chi connectivity index (χ1n) is 4.64. The van der Waals surface area contributed by atoms with Gasteiger partial charge in [0.1, 0.15) is 0 Å². The van der Waals surface area contributed by atoms with E-state index in [0.29, 0.717) is 12.0 Å². The Labute approximate surface area is 72.0 Å². The van der Waals surface area contributed by atoms with E-state index in [1.807, 2.05) is 0 Å². The van der Waals surface area contributed by atoms with Gasteiger partial charge in [-0.05, 0) is 25.2 Å². The Morgan fingerprint density at radius 1 is 1.75 bits per heavy atom. The van der Waals surface area contributed by atoms with E-state index < -0.39 is 0 Å². The maximum Gasteiger partial charge on any atom is 0.0797 e. The summed E-state index contributed by atoms with van der Waals surface area (Å²) in [6.45, 7) is 3.10. The lowest BCUT2D eigenvalue weighted by Gasteiger charge is -2.08. The van der Waals surface area contributed by atoms with E-state index in [4.69, 9.17) is 10.5 Å². The van der Waals surface area contributed by atoms with Crippen LogP contribution in [0, 0.1) is 17.8 Å². The molecule has 4 unspecified atom stereocenters. The minimum Gasteiger partial charge on any atom is -0.390 e. The van der Waals surface area contributed by atoms with E-state index in [9.17, 15) is 0 Å². The summed E-state index contributed by atoms with van der Waals surface area (Å²) in [5, 5.41) is 0. The summed E-state index contributed by atoms with van der Waals surface area (Å²) in [6.07, 6.45) is 3.20. The topological polar surface area (TPSA) is 47.6 Å². The number of hydrogen-bond donors (Lipinski definition) is 1. The van der Waals surface area contributed by atoms with Gasteiger partial charge in [-0.15, -0.1) is 0 Å². The molecule has 2 saturated carbocycles. The predicted molar refractivity (Wildman–Crippen MR) is 45.9 cm³/mol.